The van der Waals surface area contributed by atoms with Gasteiger partial charge in [-0.1, -0.05) is 0 Å². The maximum absolute atomic E-state index is 13.5. The Labute approximate surface area is 172 Å². The molecule has 1 N–H and O–H groups in total. The minimum Gasteiger partial charge on any atom is -0.380 e. The van der Waals surface area contributed by atoms with Gasteiger partial charge in [-0.25, -0.2) is 4.39 Å². The van der Waals surface area contributed by atoms with E-state index in [9.17, 15) is 22.4 Å². The molecule has 162 valence electrons. The van der Waals surface area contributed by atoms with E-state index in [0.29, 0.717) is 30.6 Å². The van der Waals surface area contributed by atoms with Gasteiger partial charge < -0.3 is 10.2 Å². The second-order valence-corrected chi connectivity index (χ2v) is 8.15. The fraction of sp³-hybridized carbons (Fsp3) is 0.524. The van der Waals surface area contributed by atoms with Crippen LogP contribution in [0.15, 0.2) is 30.5 Å². The molecule has 30 heavy (non-hydrogen) atoms. The molecule has 2 saturated heterocycles. The molecule has 0 bridgehead atoms. The number of aromatic nitrogens is 1. The first-order valence-electron chi connectivity index (χ1n) is 10.1. The summed E-state index contributed by atoms with van der Waals surface area (Å²) >= 11 is 0. The van der Waals surface area contributed by atoms with Crippen molar-refractivity contribution in [2.45, 2.75) is 44.2 Å². The van der Waals surface area contributed by atoms with Crippen LogP contribution in [-0.2, 0) is 11.0 Å². The zero-order valence-corrected chi connectivity index (χ0v) is 16.6. The first-order valence-corrected chi connectivity index (χ1v) is 10.1. The predicted octanol–water partition coefficient (Wildman–Crippen LogP) is 3.70. The minimum absolute atomic E-state index is 0.00266. The van der Waals surface area contributed by atoms with Crippen molar-refractivity contribution >= 4 is 22.5 Å². The summed E-state index contributed by atoms with van der Waals surface area (Å²) in [7, 11) is 0. The van der Waals surface area contributed by atoms with E-state index >= 15 is 0 Å². The van der Waals surface area contributed by atoms with Gasteiger partial charge in [0, 0.05) is 48.9 Å². The van der Waals surface area contributed by atoms with Gasteiger partial charge in [0.05, 0.1) is 24.2 Å². The van der Waals surface area contributed by atoms with E-state index in [1.807, 2.05) is 11.8 Å². The molecule has 2 aromatic rings. The third kappa shape index (κ3) is 4.21. The third-order valence-electron chi connectivity index (χ3n) is 5.91. The Bertz CT molecular complexity index is 935. The van der Waals surface area contributed by atoms with Crippen molar-refractivity contribution in [1.82, 2.24) is 14.8 Å². The van der Waals surface area contributed by atoms with Crippen molar-refractivity contribution in [3.8, 4) is 0 Å². The summed E-state index contributed by atoms with van der Waals surface area (Å²) in [6.45, 7) is 3.53. The number of amides is 1. The van der Waals surface area contributed by atoms with E-state index in [0.717, 1.165) is 12.5 Å². The summed E-state index contributed by atoms with van der Waals surface area (Å²) in [6.07, 6.45) is -2.94. The van der Waals surface area contributed by atoms with Crippen molar-refractivity contribution in [3.63, 3.8) is 0 Å². The quantitative estimate of drug-likeness (QED) is 0.761. The number of nitrogens with zero attached hydrogens (tertiary/aromatic N) is 3. The molecule has 0 radical (unpaired) electrons. The fourth-order valence-corrected chi connectivity index (χ4v) is 4.44. The van der Waals surface area contributed by atoms with Gasteiger partial charge in [-0.2, -0.15) is 13.2 Å². The smallest absolute Gasteiger partial charge is 0.380 e. The molecule has 2 aliphatic rings. The molecule has 5 nitrogen and oxygen atoms in total. The summed E-state index contributed by atoms with van der Waals surface area (Å²) in [6, 6.07) is 5.64. The van der Waals surface area contributed by atoms with Crippen LogP contribution < -0.4 is 5.32 Å². The highest BCUT2D eigenvalue weighted by atomic mass is 19.4. The second-order valence-electron chi connectivity index (χ2n) is 8.15. The zero-order chi connectivity index (χ0) is 21.5. The van der Waals surface area contributed by atoms with Gasteiger partial charge in [-0.15, -0.1) is 0 Å². The van der Waals surface area contributed by atoms with Gasteiger partial charge in [-0.05, 0) is 37.6 Å². The van der Waals surface area contributed by atoms with E-state index in [1.165, 1.54) is 12.3 Å². The number of anilines is 1. The molecular formula is C21H24F4N4O. The van der Waals surface area contributed by atoms with Crippen molar-refractivity contribution < 1.29 is 22.4 Å². The molecule has 1 amide bonds. The molecule has 2 aliphatic heterocycles. The van der Waals surface area contributed by atoms with Gasteiger partial charge in [0.15, 0.2) is 0 Å². The topological polar surface area (TPSA) is 48.5 Å². The molecule has 3 heterocycles. The van der Waals surface area contributed by atoms with E-state index < -0.39 is 17.9 Å². The number of nitrogens with one attached hydrogen (secondary N) is 1. The van der Waals surface area contributed by atoms with Gasteiger partial charge >= 0.3 is 6.18 Å². The number of rotatable bonds is 4. The first kappa shape index (κ1) is 20.8. The number of pyridine rings is 1. The molecule has 1 aromatic carbocycles. The molecule has 0 spiro atoms. The van der Waals surface area contributed by atoms with Crippen LogP contribution in [0.2, 0.25) is 0 Å². The summed E-state index contributed by atoms with van der Waals surface area (Å²) in [4.78, 5) is 20.1. The highest BCUT2D eigenvalue weighted by Crippen LogP contribution is 2.36. The summed E-state index contributed by atoms with van der Waals surface area (Å²) in [5.41, 5.74) is -0.241. The number of carbonyl (C=O) groups excluding carboxylic acids is 1. The number of hydrogen-bond donors (Lipinski definition) is 1. The van der Waals surface area contributed by atoms with Crippen molar-refractivity contribution in [2.75, 3.05) is 31.5 Å². The van der Waals surface area contributed by atoms with Crippen molar-refractivity contribution in [3.05, 3.63) is 36.0 Å². The number of hydrogen-bond acceptors (Lipinski definition) is 4. The second kappa shape index (κ2) is 8.02. The predicted molar refractivity (Wildman–Crippen MR) is 106 cm³/mol. The monoisotopic (exact) mass is 424 g/mol. The van der Waals surface area contributed by atoms with E-state index in [2.05, 4.69) is 10.3 Å². The SMILES string of the molecule is C[C@@H]1C[C@H](F)CN1C(=O)CN1CC[C@@H](Nc2ccc(C(F)(F)F)c3ncccc23)C1. The van der Waals surface area contributed by atoms with Gasteiger partial charge in [-0.3, -0.25) is 14.7 Å². The summed E-state index contributed by atoms with van der Waals surface area (Å²) < 4.78 is 53.4. The lowest BCUT2D eigenvalue weighted by Gasteiger charge is -2.24. The standard InChI is InChI=1S/C21H24F4N4O/c1-13-9-14(22)10-29(13)19(30)12-28-8-6-15(11-28)27-18-5-4-17(21(23,24)25)20-16(18)3-2-7-26-20/h2-5,7,13-15,27H,6,8-12H2,1H3/t13-,14+,15-/m1/s1. The van der Waals surface area contributed by atoms with Gasteiger partial charge in [0.1, 0.15) is 6.17 Å². The molecule has 3 atom stereocenters. The summed E-state index contributed by atoms with van der Waals surface area (Å²) in [5, 5.41) is 3.74. The van der Waals surface area contributed by atoms with Crippen LogP contribution in [0.5, 0.6) is 0 Å². The van der Waals surface area contributed by atoms with Crippen molar-refractivity contribution in [1.29, 1.82) is 0 Å². The van der Waals surface area contributed by atoms with E-state index in [1.54, 1.807) is 17.0 Å². The molecular weight excluding hydrogens is 400 g/mol. The lowest BCUT2D eigenvalue weighted by atomic mass is 10.1. The average molecular weight is 424 g/mol. The largest absolute Gasteiger partial charge is 0.418 e. The lowest BCUT2D eigenvalue weighted by molar-refractivity contribution is -0.136. The normalized spacial score (nSPS) is 25.2. The minimum atomic E-state index is -4.47. The molecule has 2 fully saturated rings. The Morgan fingerprint density at radius 3 is 2.77 bits per heavy atom. The Morgan fingerprint density at radius 2 is 2.07 bits per heavy atom. The van der Waals surface area contributed by atoms with E-state index in [-0.39, 0.29) is 36.6 Å². The third-order valence-corrected chi connectivity index (χ3v) is 5.91. The number of benzene rings is 1. The number of fused-ring (bicyclic) bond motifs is 1. The molecule has 9 heteroatoms. The van der Waals surface area contributed by atoms with Crippen LogP contribution in [0.1, 0.15) is 25.3 Å². The maximum atomic E-state index is 13.5. The van der Waals surface area contributed by atoms with Gasteiger partial charge in [0.2, 0.25) is 5.91 Å². The molecule has 0 unspecified atom stereocenters. The zero-order valence-electron chi connectivity index (χ0n) is 16.6. The van der Waals surface area contributed by atoms with Crippen LogP contribution in [0.4, 0.5) is 23.2 Å². The fourth-order valence-electron chi connectivity index (χ4n) is 4.44. The lowest BCUT2D eigenvalue weighted by Crippen LogP contribution is -2.42. The van der Waals surface area contributed by atoms with Crippen LogP contribution in [-0.4, -0.2) is 65.1 Å². The number of likely N-dealkylation sites (tertiary alicyclic amines) is 2. The molecule has 0 saturated carbocycles. The van der Waals surface area contributed by atoms with Crippen LogP contribution in [0, 0.1) is 0 Å². The maximum Gasteiger partial charge on any atom is 0.418 e. The highest BCUT2D eigenvalue weighted by Gasteiger charge is 2.35. The Balaban J connectivity index is 1.43. The Hall–Kier alpha value is -2.42. The Kier molecular flexibility index (Phi) is 5.57. The van der Waals surface area contributed by atoms with Crippen molar-refractivity contribution in [2.24, 2.45) is 0 Å². The average Bonchev–Trinajstić information content (AvgIpc) is 3.26. The van der Waals surface area contributed by atoms with Crippen LogP contribution >= 0.6 is 0 Å². The number of carbonyl (C=O) groups is 1. The van der Waals surface area contributed by atoms with E-state index in [4.69, 9.17) is 0 Å². The molecule has 4 rings (SSSR count). The van der Waals surface area contributed by atoms with Gasteiger partial charge in [0.25, 0.3) is 0 Å². The summed E-state index contributed by atoms with van der Waals surface area (Å²) in [5.74, 6) is -0.0764. The first-order chi connectivity index (χ1) is 14.2. The number of halogens is 4. The molecule has 1 aromatic heterocycles. The highest BCUT2D eigenvalue weighted by molar-refractivity contribution is 5.93. The van der Waals surface area contributed by atoms with Crippen LogP contribution in [0.25, 0.3) is 10.9 Å². The van der Waals surface area contributed by atoms with Crippen LogP contribution in [0.3, 0.4) is 0 Å². The number of alkyl halides is 4. The Morgan fingerprint density at radius 1 is 1.27 bits per heavy atom. The molecule has 0 aliphatic carbocycles.